The van der Waals surface area contributed by atoms with E-state index in [-0.39, 0.29) is 23.6 Å². The SMILES string of the molecule is Cc1ccc(OCCn2c(O)c(N=NC(=O)COc3ccc(C(C)(C)C)cc3)c3ccccc32)cc1. The third kappa shape index (κ3) is 5.92. The molecule has 36 heavy (non-hydrogen) atoms. The minimum absolute atomic E-state index is 0.0382. The molecule has 0 saturated carbocycles. The second kappa shape index (κ2) is 10.6. The lowest BCUT2D eigenvalue weighted by atomic mass is 9.87. The average molecular weight is 486 g/mol. The van der Waals surface area contributed by atoms with E-state index in [1.807, 2.05) is 79.7 Å². The number of ether oxygens (including phenoxy) is 2. The highest BCUT2D eigenvalue weighted by atomic mass is 16.5. The van der Waals surface area contributed by atoms with Crippen molar-refractivity contribution in [1.29, 1.82) is 0 Å². The summed E-state index contributed by atoms with van der Waals surface area (Å²) in [6.07, 6.45) is 0. The molecule has 0 aliphatic heterocycles. The molecule has 0 atom stereocenters. The van der Waals surface area contributed by atoms with Crippen molar-refractivity contribution in [2.75, 3.05) is 13.2 Å². The molecule has 1 aromatic heterocycles. The first-order valence-electron chi connectivity index (χ1n) is 11.9. The Morgan fingerprint density at radius 2 is 1.56 bits per heavy atom. The van der Waals surface area contributed by atoms with E-state index in [4.69, 9.17) is 9.47 Å². The number of para-hydroxylation sites is 1. The lowest BCUT2D eigenvalue weighted by molar-refractivity contribution is -0.120. The fourth-order valence-electron chi connectivity index (χ4n) is 3.82. The zero-order valence-electron chi connectivity index (χ0n) is 21.1. The standard InChI is InChI=1S/C29H31N3O4/c1-20-9-13-22(14-10-20)35-18-17-32-25-8-6-5-7-24(25)27(28(32)34)31-30-26(33)19-36-23-15-11-21(12-16-23)29(2,3)4/h5-16,34H,17-19H2,1-4H3. The number of hydrogen-bond acceptors (Lipinski definition) is 5. The van der Waals surface area contributed by atoms with E-state index < -0.39 is 5.91 Å². The maximum atomic E-state index is 12.3. The van der Waals surface area contributed by atoms with Gasteiger partial charge in [0.15, 0.2) is 12.3 Å². The second-order valence-corrected chi connectivity index (χ2v) is 9.66. The topological polar surface area (TPSA) is 85.4 Å². The van der Waals surface area contributed by atoms with Crippen molar-refractivity contribution in [2.24, 2.45) is 10.2 Å². The van der Waals surface area contributed by atoms with Crippen LogP contribution in [0.2, 0.25) is 0 Å². The summed E-state index contributed by atoms with van der Waals surface area (Å²) in [5.74, 6) is 0.724. The summed E-state index contributed by atoms with van der Waals surface area (Å²) >= 11 is 0. The summed E-state index contributed by atoms with van der Waals surface area (Å²) in [6.45, 7) is 8.93. The van der Waals surface area contributed by atoms with E-state index in [9.17, 15) is 9.90 Å². The van der Waals surface area contributed by atoms with Gasteiger partial charge in [-0.1, -0.05) is 68.8 Å². The van der Waals surface area contributed by atoms with Gasteiger partial charge in [-0.2, -0.15) is 0 Å². The minimum Gasteiger partial charge on any atom is -0.493 e. The molecule has 186 valence electrons. The first-order chi connectivity index (χ1) is 17.2. The summed E-state index contributed by atoms with van der Waals surface area (Å²) in [6, 6.07) is 22.9. The number of aromatic hydroxyl groups is 1. The third-order valence-electron chi connectivity index (χ3n) is 5.87. The first-order valence-corrected chi connectivity index (χ1v) is 11.9. The molecule has 0 saturated heterocycles. The fourth-order valence-corrected chi connectivity index (χ4v) is 3.82. The van der Waals surface area contributed by atoms with Gasteiger partial charge in [-0.25, -0.2) is 0 Å². The number of azo groups is 1. The average Bonchev–Trinajstić information content (AvgIpc) is 3.13. The molecule has 0 spiro atoms. The van der Waals surface area contributed by atoms with Gasteiger partial charge in [-0.15, -0.1) is 10.2 Å². The van der Waals surface area contributed by atoms with Gasteiger partial charge in [0.25, 0.3) is 0 Å². The summed E-state index contributed by atoms with van der Waals surface area (Å²) in [7, 11) is 0. The summed E-state index contributed by atoms with van der Waals surface area (Å²) in [5.41, 5.74) is 3.39. The van der Waals surface area contributed by atoms with Gasteiger partial charge in [0.1, 0.15) is 18.1 Å². The van der Waals surface area contributed by atoms with Crippen LogP contribution in [-0.4, -0.2) is 28.8 Å². The van der Waals surface area contributed by atoms with E-state index in [2.05, 4.69) is 31.0 Å². The van der Waals surface area contributed by atoms with Gasteiger partial charge in [0, 0.05) is 5.39 Å². The number of carbonyl (C=O) groups excluding carboxylic acids is 1. The number of carbonyl (C=O) groups is 1. The van der Waals surface area contributed by atoms with Gasteiger partial charge in [0.05, 0.1) is 12.1 Å². The molecule has 0 fully saturated rings. The van der Waals surface area contributed by atoms with Gasteiger partial charge < -0.3 is 19.1 Å². The van der Waals surface area contributed by atoms with Crippen molar-refractivity contribution in [1.82, 2.24) is 4.57 Å². The molecule has 1 heterocycles. The lowest BCUT2D eigenvalue weighted by Gasteiger charge is -2.19. The monoisotopic (exact) mass is 485 g/mol. The van der Waals surface area contributed by atoms with E-state index in [1.165, 1.54) is 5.56 Å². The first kappa shape index (κ1) is 25.0. The molecule has 0 aliphatic rings. The van der Waals surface area contributed by atoms with Crippen LogP contribution in [0.1, 0.15) is 31.9 Å². The Morgan fingerprint density at radius 1 is 0.917 bits per heavy atom. The number of hydrogen-bond donors (Lipinski definition) is 1. The van der Waals surface area contributed by atoms with Crippen molar-refractivity contribution in [3.8, 4) is 17.4 Å². The molecule has 0 bridgehead atoms. The molecule has 0 aliphatic carbocycles. The van der Waals surface area contributed by atoms with E-state index in [1.54, 1.807) is 4.57 Å². The Morgan fingerprint density at radius 3 is 2.25 bits per heavy atom. The molecule has 0 unspecified atom stereocenters. The highest BCUT2D eigenvalue weighted by Gasteiger charge is 2.17. The molecule has 7 heteroatoms. The molecular formula is C29H31N3O4. The third-order valence-corrected chi connectivity index (χ3v) is 5.87. The van der Waals surface area contributed by atoms with Crippen LogP contribution in [0.15, 0.2) is 83.0 Å². The van der Waals surface area contributed by atoms with E-state index in [0.29, 0.717) is 24.3 Å². The summed E-state index contributed by atoms with van der Waals surface area (Å²) in [5, 5.41) is 19.4. The molecule has 3 aromatic carbocycles. The molecule has 1 N–H and O–H groups in total. The van der Waals surface area contributed by atoms with Crippen LogP contribution in [0.25, 0.3) is 10.9 Å². The largest absolute Gasteiger partial charge is 0.493 e. The van der Waals surface area contributed by atoms with Crippen molar-refractivity contribution in [3.63, 3.8) is 0 Å². The number of aromatic nitrogens is 1. The fraction of sp³-hybridized carbons (Fsp3) is 0.276. The maximum Gasteiger partial charge on any atom is 0.302 e. The predicted molar refractivity (Wildman–Crippen MR) is 140 cm³/mol. The smallest absolute Gasteiger partial charge is 0.302 e. The Bertz CT molecular complexity index is 1360. The van der Waals surface area contributed by atoms with E-state index >= 15 is 0 Å². The van der Waals surface area contributed by atoms with Gasteiger partial charge in [0.2, 0.25) is 5.88 Å². The summed E-state index contributed by atoms with van der Waals surface area (Å²) in [4.78, 5) is 12.3. The number of rotatable bonds is 8. The Hall–Kier alpha value is -4.13. The molecule has 4 aromatic rings. The van der Waals surface area contributed by atoms with Crippen LogP contribution >= 0.6 is 0 Å². The van der Waals surface area contributed by atoms with Gasteiger partial charge in [-0.3, -0.25) is 4.79 Å². The van der Waals surface area contributed by atoms with Crippen LogP contribution in [0.5, 0.6) is 17.4 Å². The van der Waals surface area contributed by atoms with Crippen molar-refractivity contribution in [2.45, 2.75) is 39.7 Å². The number of aryl methyl sites for hydroxylation is 1. The van der Waals surface area contributed by atoms with Crippen molar-refractivity contribution < 1.29 is 19.4 Å². The van der Waals surface area contributed by atoms with Crippen molar-refractivity contribution in [3.05, 3.63) is 83.9 Å². The van der Waals surface area contributed by atoms with Crippen LogP contribution in [0, 0.1) is 6.92 Å². The molecule has 4 rings (SSSR count). The van der Waals surface area contributed by atoms with Gasteiger partial charge >= 0.3 is 5.91 Å². The van der Waals surface area contributed by atoms with Crippen LogP contribution in [-0.2, 0) is 16.8 Å². The number of nitrogens with zero attached hydrogens (tertiary/aromatic N) is 3. The normalized spacial score (nSPS) is 11.8. The molecule has 0 radical (unpaired) electrons. The van der Waals surface area contributed by atoms with Crippen LogP contribution < -0.4 is 9.47 Å². The van der Waals surface area contributed by atoms with E-state index in [0.717, 1.165) is 16.8 Å². The Kier molecular flexibility index (Phi) is 7.38. The lowest BCUT2D eigenvalue weighted by Crippen LogP contribution is -2.11. The van der Waals surface area contributed by atoms with Crippen LogP contribution in [0.3, 0.4) is 0 Å². The quantitative estimate of drug-likeness (QED) is 0.281. The molecule has 1 amide bonds. The Balaban J connectivity index is 1.42. The number of fused-ring (bicyclic) bond motifs is 1. The zero-order chi connectivity index (χ0) is 25.7. The van der Waals surface area contributed by atoms with Gasteiger partial charge in [-0.05, 0) is 48.2 Å². The highest BCUT2D eigenvalue weighted by molar-refractivity contribution is 5.95. The molecular weight excluding hydrogens is 454 g/mol. The maximum absolute atomic E-state index is 12.3. The second-order valence-electron chi connectivity index (χ2n) is 9.66. The van der Waals surface area contributed by atoms with Crippen LogP contribution in [0.4, 0.5) is 5.69 Å². The number of benzene rings is 3. The zero-order valence-corrected chi connectivity index (χ0v) is 21.1. The number of amides is 1. The summed E-state index contributed by atoms with van der Waals surface area (Å²) < 4.78 is 13.1. The van der Waals surface area contributed by atoms with Crippen molar-refractivity contribution >= 4 is 22.5 Å². The minimum atomic E-state index is -0.547. The highest BCUT2D eigenvalue weighted by Crippen LogP contribution is 2.38. The Labute approximate surface area is 211 Å². The molecule has 7 nitrogen and oxygen atoms in total. The predicted octanol–water partition coefficient (Wildman–Crippen LogP) is 6.72.